The van der Waals surface area contributed by atoms with E-state index < -0.39 is 17.4 Å². The van der Waals surface area contributed by atoms with Crippen LogP contribution in [0.25, 0.3) is 0 Å². The lowest BCUT2D eigenvalue weighted by atomic mass is 10.1. The van der Waals surface area contributed by atoms with Crippen molar-refractivity contribution in [2.75, 3.05) is 7.11 Å². The van der Waals surface area contributed by atoms with E-state index >= 15 is 0 Å². The second kappa shape index (κ2) is 2.22. The van der Waals surface area contributed by atoms with E-state index in [0.717, 1.165) is 0 Å². The Morgan fingerprint density at radius 3 is 2.18 bits per heavy atom. The Labute approximate surface area is 64.2 Å². The number of carboxylic acids is 1. The number of methoxy groups -OCH3 is 1. The fourth-order valence-electron chi connectivity index (χ4n) is 1.28. The summed E-state index contributed by atoms with van der Waals surface area (Å²) < 4.78 is 4.39. The van der Waals surface area contributed by atoms with Gasteiger partial charge in [-0.05, 0) is 12.3 Å². The Morgan fingerprint density at radius 1 is 1.64 bits per heavy atom. The van der Waals surface area contributed by atoms with E-state index in [-0.39, 0.29) is 5.92 Å². The zero-order valence-electron chi connectivity index (χ0n) is 6.46. The fraction of sp³-hybridized carbons (Fsp3) is 0.714. The van der Waals surface area contributed by atoms with Crippen LogP contribution in [-0.4, -0.2) is 24.2 Å². The van der Waals surface area contributed by atoms with Gasteiger partial charge in [0.1, 0.15) is 0 Å². The molecule has 1 saturated carbocycles. The second-order valence-electron chi connectivity index (χ2n) is 2.87. The lowest BCUT2D eigenvalue weighted by Gasteiger charge is -2.06. The molecular weight excluding hydrogens is 148 g/mol. The molecular formula is C7H10O4. The standard InChI is InChI=1S/C7H10O4/c1-4-3-7(4,5(8)9)6(10)11-2/h4H,3H2,1-2H3,(H,8,9). The summed E-state index contributed by atoms with van der Waals surface area (Å²) in [7, 11) is 1.21. The minimum Gasteiger partial charge on any atom is -0.480 e. The van der Waals surface area contributed by atoms with Crippen molar-refractivity contribution >= 4 is 11.9 Å². The topological polar surface area (TPSA) is 63.6 Å². The molecule has 0 spiro atoms. The van der Waals surface area contributed by atoms with Crippen LogP contribution >= 0.6 is 0 Å². The van der Waals surface area contributed by atoms with Crippen molar-refractivity contribution in [3.63, 3.8) is 0 Å². The molecule has 1 rings (SSSR count). The van der Waals surface area contributed by atoms with E-state index in [1.807, 2.05) is 0 Å². The monoisotopic (exact) mass is 158 g/mol. The van der Waals surface area contributed by atoms with Crippen LogP contribution < -0.4 is 0 Å². The van der Waals surface area contributed by atoms with Gasteiger partial charge >= 0.3 is 11.9 Å². The molecule has 11 heavy (non-hydrogen) atoms. The van der Waals surface area contributed by atoms with Crippen molar-refractivity contribution in [2.45, 2.75) is 13.3 Å². The minimum atomic E-state index is -1.23. The summed E-state index contributed by atoms with van der Waals surface area (Å²) >= 11 is 0. The lowest BCUT2D eigenvalue weighted by Crippen LogP contribution is -2.28. The lowest BCUT2D eigenvalue weighted by molar-refractivity contribution is -0.159. The number of carbonyl (C=O) groups is 2. The first-order valence-electron chi connectivity index (χ1n) is 3.37. The third kappa shape index (κ3) is 0.895. The van der Waals surface area contributed by atoms with E-state index in [4.69, 9.17) is 5.11 Å². The van der Waals surface area contributed by atoms with Crippen LogP contribution in [-0.2, 0) is 14.3 Å². The number of ether oxygens (including phenoxy) is 1. The predicted octanol–water partition coefficient (Wildman–Crippen LogP) is 0.270. The Kier molecular flexibility index (Phi) is 1.62. The molecule has 1 aliphatic rings. The highest BCUT2D eigenvalue weighted by Crippen LogP contribution is 2.53. The first-order valence-corrected chi connectivity index (χ1v) is 3.37. The molecule has 4 nitrogen and oxygen atoms in total. The van der Waals surface area contributed by atoms with Crippen molar-refractivity contribution in [2.24, 2.45) is 11.3 Å². The van der Waals surface area contributed by atoms with Gasteiger partial charge in [-0.3, -0.25) is 9.59 Å². The first kappa shape index (κ1) is 8.04. The number of hydrogen-bond donors (Lipinski definition) is 1. The summed E-state index contributed by atoms with van der Waals surface area (Å²) in [6.07, 6.45) is 0.398. The number of rotatable bonds is 2. The van der Waals surface area contributed by atoms with E-state index in [1.165, 1.54) is 7.11 Å². The number of aliphatic carboxylic acids is 1. The van der Waals surface area contributed by atoms with Gasteiger partial charge in [-0.1, -0.05) is 6.92 Å². The molecule has 0 aromatic rings. The molecule has 0 heterocycles. The summed E-state index contributed by atoms with van der Waals surface area (Å²) in [5.74, 6) is -1.79. The average Bonchev–Trinajstić information content (AvgIpc) is 2.61. The zero-order valence-corrected chi connectivity index (χ0v) is 6.46. The Bertz CT molecular complexity index is 210. The molecule has 1 fully saturated rings. The summed E-state index contributed by atoms with van der Waals surface area (Å²) in [5, 5.41) is 8.67. The van der Waals surface area contributed by atoms with Crippen molar-refractivity contribution in [3.8, 4) is 0 Å². The Hall–Kier alpha value is -1.06. The Morgan fingerprint density at radius 2 is 2.09 bits per heavy atom. The van der Waals surface area contributed by atoms with Crippen molar-refractivity contribution in [1.82, 2.24) is 0 Å². The van der Waals surface area contributed by atoms with Gasteiger partial charge in [0.05, 0.1) is 7.11 Å². The van der Waals surface area contributed by atoms with Gasteiger partial charge < -0.3 is 9.84 Å². The zero-order chi connectivity index (χ0) is 8.65. The first-order chi connectivity index (χ1) is 5.05. The summed E-state index contributed by atoms with van der Waals surface area (Å²) in [6.45, 7) is 1.73. The van der Waals surface area contributed by atoms with E-state index in [9.17, 15) is 9.59 Å². The van der Waals surface area contributed by atoms with Gasteiger partial charge in [0.15, 0.2) is 5.41 Å². The highest BCUT2D eigenvalue weighted by molar-refractivity contribution is 6.02. The van der Waals surface area contributed by atoms with Crippen LogP contribution in [0.1, 0.15) is 13.3 Å². The smallest absolute Gasteiger partial charge is 0.323 e. The van der Waals surface area contributed by atoms with Crippen molar-refractivity contribution in [1.29, 1.82) is 0 Å². The molecule has 0 aromatic carbocycles. The summed E-state index contributed by atoms with van der Waals surface area (Å²) in [4.78, 5) is 21.5. The van der Waals surface area contributed by atoms with Crippen LogP contribution in [0.3, 0.4) is 0 Å². The molecule has 4 heteroatoms. The van der Waals surface area contributed by atoms with Gasteiger partial charge in [-0.15, -0.1) is 0 Å². The molecule has 0 amide bonds. The van der Waals surface area contributed by atoms with Crippen molar-refractivity contribution < 1.29 is 19.4 Å². The molecule has 2 unspecified atom stereocenters. The van der Waals surface area contributed by atoms with Crippen LogP contribution in [0.15, 0.2) is 0 Å². The third-order valence-electron chi connectivity index (χ3n) is 2.24. The number of esters is 1. The van der Waals surface area contributed by atoms with Gasteiger partial charge in [-0.25, -0.2) is 0 Å². The minimum absolute atomic E-state index is 0.0903. The van der Waals surface area contributed by atoms with Gasteiger partial charge in [0.25, 0.3) is 0 Å². The van der Waals surface area contributed by atoms with Gasteiger partial charge in [0.2, 0.25) is 0 Å². The van der Waals surface area contributed by atoms with Gasteiger partial charge in [-0.2, -0.15) is 0 Å². The average molecular weight is 158 g/mol. The number of carbonyl (C=O) groups excluding carboxylic acids is 1. The number of hydrogen-bond acceptors (Lipinski definition) is 3. The third-order valence-corrected chi connectivity index (χ3v) is 2.24. The van der Waals surface area contributed by atoms with E-state index in [2.05, 4.69) is 4.74 Å². The SMILES string of the molecule is COC(=O)C1(C(=O)O)CC1C. The molecule has 0 aliphatic heterocycles. The Balaban J connectivity index is 2.80. The number of carboxylic acid groups (broad SMARTS) is 1. The fourth-order valence-corrected chi connectivity index (χ4v) is 1.28. The van der Waals surface area contributed by atoms with Crippen LogP contribution in [0.4, 0.5) is 0 Å². The largest absolute Gasteiger partial charge is 0.480 e. The van der Waals surface area contributed by atoms with E-state index in [1.54, 1.807) is 6.92 Å². The maximum atomic E-state index is 10.9. The van der Waals surface area contributed by atoms with Gasteiger partial charge in [0, 0.05) is 0 Å². The maximum Gasteiger partial charge on any atom is 0.323 e. The summed E-state index contributed by atoms with van der Waals surface area (Å²) in [5.41, 5.74) is -1.23. The maximum absolute atomic E-state index is 10.9. The second-order valence-corrected chi connectivity index (χ2v) is 2.87. The molecule has 1 aliphatic carbocycles. The molecule has 0 aromatic heterocycles. The van der Waals surface area contributed by atoms with Crippen LogP contribution in [0, 0.1) is 11.3 Å². The molecule has 1 N–H and O–H groups in total. The molecule has 0 radical (unpaired) electrons. The highest BCUT2D eigenvalue weighted by Gasteiger charge is 2.65. The van der Waals surface area contributed by atoms with Crippen LogP contribution in [0.2, 0.25) is 0 Å². The molecule has 62 valence electrons. The molecule has 0 saturated heterocycles. The quantitative estimate of drug-likeness (QED) is 0.462. The summed E-state index contributed by atoms with van der Waals surface area (Å²) in [6, 6.07) is 0. The predicted molar refractivity (Wildman–Crippen MR) is 35.9 cm³/mol. The normalized spacial score (nSPS) is 34.5. The van der Waals surface area contributed by atoms with E-state index in [0.29, 0.717) is 6.42 Å². The van der Waals surface area contributed by atoms with Crippen LogP contribution in [0.5, 0.6) is 0 Å². The molecule has 2 atom stereocenters. The van der Waals surface area contributed by atoms with Crippen molar-refractivity contribution in [3.05, 3.63) is 0 Å². The molecule has 0 bridgehead atoms. The highest BCUT2D eigenvalue weighted by atomic mass is 16.5.